The molecule has 3 rings (SSSR count). The average Bonchev–Trinajstić information content (AvgIpc) is 2.99. The van der Waals surface area contributed by atoms with Crippen molar-refractivity contribution in [1.29, 1.82) is 0 Å². The number of imidazole rings is 1. The molecule has 0 aliphatic carbocycles. The van der Waals surface area contributed by atoms with Crippen LogP contribution < -0.4 is 15.8 Å². The third-order valence-electron chi connectivity index (χ3n) is 3.66. The molecule has 0 amide bonds. The number of nitrogens with two attached hydrogens (primary N) is 1. The number of aryl methyl sites for hydroxylation is 1. The lowest BCUT2D eigenvalue weighted by Gasteiger charge is -2.10. The van der Waals surface area contributed by atoms with Crippen LogP contribution >= 0.6 is 0 Å². The summed E-state index contributed by atoms with van der Waals surface area (Å²) in [6.45, 7) is 6.47. The molecule has 6 heteroatoms. The van der Waals surface area contributed by atoms with E-state index < -0.39 is 0 Å². The maximum Gasteiger partial charge on any atom is 0.193 e. The topological polar surface area (TPSA) is 76.9 Å². The molecule has 2 heterocycles. The lowest BCUT2D eigenvalue weighted by atomic mass is 10.3. The molecule has 0 aliphatic heterocycles. The van der Waals surface area contributed by atoms with E-state index in [9.17, 15) is 0 Å². The van der Waals surface area contributed by atoms with Crippen molar-refractivity contribution in [3.8, 4) is 5.75 Å². The van der Waals surface area contributed by atoms with Crippen molar-refractivity contribution in [2.45, 2.75) is 33.4 Å². The highest BCUT2D eigenvalue weighted by molar-refractivity contribution is 5.92. The fourth-order valence-corrected chi connectivity index (χ4v) is 2.52. The standard InChI is InChI=1S/C19H23N5O/c1-13(2)25-17-9-7-15(8-10-17)23-19(20)21-11-16-12-24-14(3)5-4-6-18(24)22-16/h4-10,12-13H,11H2,1-3H3,(H3,20,21,23). The zero-order valence-electron chi connectivity index (χ0n) is 14.7. The minimum atomic E-state index is 0.152. The molecule has 0 saturated heterocycles. The van der Waals surface area contributed by atoms with Gasteiger partial charge in [-0.2, -0.15) is 0 Å². The van der Waals surface area contributed by atoms with Crippen LogP contribution in [0.2, 0.25) is 0 Å². The number of anilines is 1. The van der Waals surface area contributed by atoms with Gasteiger partial charge in [-0.15, -0.1) is 0 Å². The minimum absolute atomic E-state index is 0.152. The number of guanidine groups is 1. The van der Waals surface area contributed by atoms with Crippen molar-refractivity contribution in [2.24, 2.45) is 10.7 Å². The second kappa shape index (κ2) is 7.25. The van der Waals surface area contributed by atoms with Crippen molar-refractivity contribution < 1.29 is 4.74 Å². The molecule has 0 bridgehead atoms. The molecule has 0 aliphatic rings. The number of benzene rings is 1. The molecule has 0 fully saturated rings. The molecule has 6 nitrogen and oxygen atoms in total. The maximum absolute atomic E-state index is 5.97. The van der Waals surface area contributed by atoms with Gasteiger partial charge in [-0.3, -0.25) is 0 Å². The van der Waals surface area contributed by atoms with Crippen molar-refractivity contribution in [1.82, 2.24) is 9.38 Å². The fourth-order valence-electron chi connectivity index (χ4n) is 2.52. The van der Waals surface area contributed by atoms with Crippen LogP contribution in [-0.2, 0) is 6.54 Å². The first kappa shape index (κ1) is 16.8. The Balaban J connectivity index is 1.64. The lowest BCUT2D eigenvalue weighted by Crippen LogP contribution is -2.22. The van der Waals surface area contributed by atoms with Gasteiger partial charge in [0.1, 0.15) is 11.4 Å². The van der Waals surface area contributed by atoms with E-state index in [1.165, 1.54) is 0 Å². The molecule has 1 aromatic carbocycles. The van der Waals surface area contributed by atoms with E-state index >= 15 is 0 Å². The summed E-state index contributed by atoms with van der Waals surface area (Å²) >= 11 is 0. The smallest absolute Gasteiger partial charge is 0.193 e. The van der Waals surface area contributed by atoms with Crippen LogP contribution in [0.5, 0.6) is 5.75 Å². The van der Waals surface area contributed by atoms with Gasteiger partial charge in [0, 0.05) is 17.6 Å². The predicted molar refractivity (Wildman–Crippen MR) is 101 cm³/mol. The summed E-state index contributed by atoms with van der Waals surface area (Å²) in [4.78, 5) is 8.91. The number of aromatic nitrogens is 2. The summed E-state index contributed by atoms with van der Waals surface area (Å²) in [6, 6.07) is 13.6. The highest BCUT2D eigenvalue weighted by Crippen LogP contribution is 2.16. The molecule has 0 spiro atoms. The van der Waals surface area contributed by atoms with E-state index in [-0.39, 0.29) is 6.10 Å². The first-order chi connectivity index (χ1) is 12.0. The molecule has 3 aromatic rings. The van der Waals surface area contributed by atoms with Gasteiger partial charge in [-0.1, -0.05) is 6.07 Å². The van der Waals surface area contributed by atoms with Crippen molar-refractivity contribution in [3.63, 3.8) is 0 Å². The van der Waals surface area contributed by atoms with Crippen molar-refractivity contribution in [2.75, 3.05) is 5.32 Å². The maximum atomic E-state index is 5.97. The average molecular weight is 337 g/mol. The van der Waals surface area contributed by atoms with E-state index in [0.717, 1.165) is 28.5 Å². The summed E-state index contributed by atoms with van der Waals surface area (Å²) in [5.74, 6) is 1.18. The zero-order chi connectivity index (χ0) is 17.8. The molecular weight excluding hydrogens is 314 g/mol. The van der Waals surface area contributed by atoms with Crippen LogP contribution in [0.25, 0.3) is 5.65 Å². The van der Waals surface area contributed by atoms with E-state index in [1.54, 1.807) is 0 Å². The number of hydrogen-bond acceptors (Lipinski definition) is 3. The van der Waals surface area contributed by atoms with Gasteiger partial charge in [0.05, 0.1) is 18.3 Å². The van der Waals surface area contributed by atoms with Crippen LogP contribution in [0.4, 0.5) is 5.69 Å². The van der Waals surface area contributed by atoms with Gasteiger partial charge in [0.2, 0.25) is 0 Å². The number of ether oxygens (including phenoxy) is 1. The molecule has 2 aromatic heterocycles. The molecule has 130 valence electrons. The molecule has 0 radical (unpaired) electrons. The highest BCUT2D eigenvalue weighted by Gasteiger charge is 2.03. The Kier molecular flexibility index (Phi) is 4.88. The molecule has 0 saturated carbocycles. The number of pyridine rings is 1. The molecule has 25 heavy (non-hydrogen) atoms. The molecule has 0 unspecified atom stereocenters. The zero-order valence-corrected chi connectivity index (χ0v) is 14.7. The fraction of sp³-hybridized carbons (Fsp3) is 0.263. The van der Waals surface area contributed by atoms with E-state index in [0.29, 0.717) is 12.5 Å². The monoisotopic (exact) mass is 337 g/mol. The third kappa shape index (κ3) is 4.29. The lowest BCUT2D eigenvalue weighted by molar-refractivity contribution is 0.242. The number of aliphatic imine (C=N–C) groups is 1. The Hall–Kier alpha value is -3.02. The third-order valence-corrected chi connectivity index (χ3v) is 3.66. The van der Waals surface area contributed by atoms with Crippen LogP contribution in [0.3, 0.4) is 0 Å². The van der Waals surface area contributed by atoms with Crippen molar-refractivity contribution in [3.05, 3.63) is 60.0 Å². The second-order valence-electron chi connectivity index (χ2n) is 6.15. The van der Waals surface area contributed by atoms with Crippen LogP contribution in [0.15, 0.2) is 53.7 Å². The normalized spacial score (nSPS) is 11.9. The number of nitrogens with zero attached hydrogens (tertiary/aromatic N) is 3. The van der Waals surface area contributed by atoms with Gasteiger partial charge in [0.25, 0.3) is 0 Å². The van der Waals surface area contributed by atoms with Gasteiger partial charge >= 0.3 is 0 Å². The van der Waals surface area contributed by atoms with Gasteiger partial charge in [-0.25, -0.2) is 9.98 Å². The summed E-state index contributed by atoms with van der Waals surface area (Å²) in [5.41, 5.74) is 9.76. The Labute approximate surface area is 147 Å². The Morgan fingerprint density at radius 1 is 1.24 bits per heavy atom. The summed E-state index contributed by atoms with van der Waals surface area (Å²) in [5, 5.41) is 3.08. The summed E-state index contributed by atoms with van der Waals surface area (Å²) < 4.78 is 7.66. The SMILES string of the molecule is Cc1cccc2nc(CN=C(N)Nc3ccc(OC(C)C)cc3)cn12. The summed E-state index contributed by atoms with van der Waals surface area (Å²) in [6.07, 6.45) is 2.14. The first-order valence-electron chi connectivity index (χ1n) is 8.28. The number of rotatable bonds is 5. The number of hydrogen-bond donors (Lipinski definition) is 2. The van der Waals surface area contributed by atoms with Gasteiger partial charge in [-0.05, 0) is 57.2 Å². The second-order valence-corrected chi connectivity index (χ2v) is 6.15. The Bertz CT molecular complexity index is 880. The van der Waals surface area contributed by atoms with E-state index in [2.05, 4.69) is 15.3 Å². The first-order valence-corrected chi connectivity index (χ1v) is 8.28. The molecular formula is C19H23N5O. The van der Waals surface area contributed by atoms with Crippen LogP contribution in [-0.4, -0.2) is 21.4 Å². The van der Waals surface area contributed by atoms with Gasteiger partial charge < -0.3 is 20.2 Å². The quantitative estimate of drug-likeness (QED) is 0.553. The van der Waals surface area contributed by atoms with Crippen LogP contribution in [0, 0.1) is 6.92 Å². The minimum Gasteiger partial charge on any atom is -0.491 e. The Morgan fingerprint density at radius 3 is 2.68 bits per heavy atom. The predicted octanol–water partition coefficient (Wildman–Crippen LogP) is 3.36. The molecule has 0 atom stereocenters. The number of nitrogens with one attached hydrogen (secondary N) is 1. The number of fused-ring (bicyclic) bond motifs is 1. The Morgan fingerprint density at radius 2 is 2.00 bits per heavy atom. The molecule has 3 N–H and O–H groups in total. The van der Waals surface area contributed by atoms with E-state index in [1.807, 2.05) is 73.8 Å². The van der Waals surface area contributed by atoms with E-state index in [4.69, 9.17) is 10.5 Å². The highest BCUT2D eigenvalue weighted by atomic mass is 16.5. The van der Waals surface area contributed by atoms with Crippen molar-refractivity contribution >= 4 is 17.3 Å². The van der Waals surface area contributed by atoms with Crippen LogP contribution in [0.1, 0.15) is 25.2 Å². The largest absolute Gasteiger partial charge is 0.491 e. The van der Waals surface area contributed by atoms with Gasteiger partial charge in [0.15, 0.2) is 5.96 Å². The summed E-state index contributed by atoms with van der Waals surface area (Å²) in [7, 11) is 0.